The van der Waals surface area contributed by atoms with Gasteiger partial charge in [-0.25, -0.2) is 17.5 Å². The highest BCUT2D eigenvalue weighted by Gasteiger charge is 2.30. The van der Waals surface area contributed by atoms with Crippen LogP contribution in [0.15, 0.2) is 29.2 Å². The maximum Gasteiger partial charge on any atom is 0.274 e. The van der Waals surface area contributed by atoms with Crippen LogP contribution in [0.3, 0.4) is 0 Å². The van der Waals surface area contributed by atoms with Crippen molar-refractivity contribution >= 4 is 15.9 Å². The van der Waals surface area contributed by atoms with Crippen molar-refractivity contribution in [2.45, 2.75) is 49.5 Å². The molecular weight excluding hydrogens is 383 g/mol. The Hall–Kier alpha value is -2.26. The molecule has 1 fully saturated rings. The number of aromatic amines is 1. The van der Waals surface area contributed by atoms with Crippen molar-refractivity contribution in [2.24, 2.45) is 0 Å². The second-order valence-electron chi connectivity index (χ2n) is 7.38. The third-order valence-corrected chi connectivity index (χ3v) is 7.02. The van der Waals surface area contributed by atoms with Crippen molar-refractivity contribution in [3.05, 3.63) is 47.0 Å². The average Bonchev–Trinajstić information content (AvgIpc) is 3.12. The lowest BCUT2D eigenvalue weighted by atomic mass is 9.95. The molecule has 0 radical (unpaired) electrons. The van der Waals surface area contributed by atoms with E-state index in [-0.39, 0.29) is 16.8 Å². The summed E-state index contributed by atoms with van der Waals surface area (Å²) in [6, 6.07) is 4.49. The van der Waals surface area contributed by atoms with Crippen LogP contribution in [0.1, 0.15) is 47.4 Å². The van der Waals surface area contributed by atoms with Crippen molar-refractivity contribution in [3.63, 3.8) is 0 Å². The highest BCUT2D eigenvalue weighted by atomic mass is 32.2. The van der Waals surface area contributed by atoms with E-state index < -0.39 is 15.8 Å². The molecule has 1 amide bonds. The fraction of sp³-hybridized carbons (Fsp3) is 0.474. The smallest absolute Gasteiger partial charge is 0.274 e. The van der Waals surface area contributed by atoms with E-state index in [9.17, 15) is 17.6 Å². The Morgan fingerprint density at radius 1 is 1.14 bits per heavy atom. The number of amides is 1. The normalized spacial score (nSPS) is 18.1. The molecule has 1 aliphatic heterocycles. The van der Waals surface area contributed by atoms with E-state index in [4.69, 9.17) is 0 Å². The van der Waals surface area contributed by atoms with Crippen molar-refractivity contribution in [2.75, 3.05) is 13.1 Å². The lowest BCUT2D eigenvalue weighted by Crippen LogP contribution is -2.46. The van der Waals surface area contributed by atoms with Crippen LogP contribution in [-0.4, -0.2) is 48.6 Å². The molecule has 150 valence electrons. The lowest BCUT2D eigenvalue weighted by molar-refractivity contribution is 0.0704. The maximum absolute atomic E-state index is 13.0. The number of piperidine rings is 1. The van der Waals surface area contributed by atoms with Gasteiger partial charge in [-0.2, -0.15) is 5.10 Å². The third kappa shape index (κ3) is 3.81. The topological polar surface area (TPSA) is 95.2 Å². The van der Waals surface area contributed by atoms with Crippen molar-refractivity contribution in [1.29, 1.82) is 0 Å². The van der Waals surface area contributed by atoms with E-state index in [0.29, 0.717) is 31.6 Å². The molecule has 4 rings (SSSR count). The molecule has 7 nitrogen and oxygen atoms in total. The zero-order valence-electron chi connectivity index (χ0n) is 15.4. The number of rotatable bonds is 4. The van der Waals surface area contributed by atoms with Gasteiger partial charge in [-0.1, -0.05) is 0 Å². The molecule has 9 heteroatoms. The second kappa shape index (κ2) is 7.63. The molecule has 0 spiro atoms. The minimum absolute atomic E-state index is 0.0376. The number of aryl methyl sites for hydroxylation is 1. The van der Waals surface area contributed by atoms with Gasteiger partial charge < -0.3 is 4.90 Å². The lowest BCUT2D eigenvalue weighted by Gasteiger charge is -2.32. The Labute approximate surface area is 163 Å². The molecule has 2 aliphatic rings. The molecule has 1 aliphatic carbocycles. The molecular formula is C19H23FN4O3S. The third-order valence-electron chi connectivity index (χ3n) is 5.49. The number of hydrogen-bond donors (Lipinski definition) is 2. The van der Waals surface area contributed by atoms with Crippen LogP contribution in [0.5, 0.6) is 0 Å². The van der Waals surface area contributed by atoms with Crippen LogP contribution < -0.4 is 4.72 Å². The fourth-order valence-electron chi connectivity index (χ4n) is 3.91. The molecule has 0 bridgehead atoms. The van der Waals surface area contributed by atoms with E-state index in [1.807, 2.05) is 0 Å². The van der Waals surface area contributed by atoms with Gasteiger partial charge in [0.15, 0.2) is 5.69 Å². The number of nitrogens with one attached hydrogen (secondary N) is 2. The number of carbonyl (C=O) groups is 1. The van der Waals surface area contributed by atoms with Crippen molar-refractivity contribution in [3.8, 4) is 0 Å². The first-order chi connectivity index (χ1) is 13.4. The summed E-state index contributed by atoms with van der Waals surface area (Å²) in [5.74, 6) is -0.564. The molecule has 0 unspecified atom stereocenters. The molecule has 1 saturated heterocycles. The molecule has 1 aromatic carbocycles. The molecule has 2 N–H and O–H groups in total. The Bertz CT molecular complexity index is 964. The van der Waals surface area contributed by atoms with Crippen LogP contribution in [0.25, 0.3) is 0 Å². The first kappa shape index (κ1) is 19.1. The number of fused-ring (bicyclic) bond motifs is 1. The Balaban J connectivity index is 1.37. The number of aromatic nitrogens is 2. The fourth-order valence-corrected chi connectivity index (χ4v) is 5.21. The highest BCUT2D eigenvalue weighted by molar-refractivity contribution is 7.89. The summed E-state index contributed by atoms with van der Waals surface area (Å²) in [5, 5.41) is 7.23. The second-order valence-corrected chi connectivity index (χ2v) is 9.09. The van der Waals surface area contributed by atoms with Gasteiger partial charge in [0.25, 0.3) is 5.91 Å². The monoisotopic (exact) mass is 406 g/mol. The van der Waals surface area contributed by atoms with E-state index in [1.54, 1.807) is 4.90 Å². The molecule has 1 aromatic heterocycles. The van der Waals surface area contributed by atoms with Gasteiger partial charge in [-0.05, 0) is 62.8 Å². The van der Waals surface area contributed by atoms with Gasteiger partial charge in [0, 0.05) is 30.4 Å². The molecule has 2 aromatic rings. The van der Waals surface area contributed by atoms with Crippen LogP contribution in [0, 0.1) is 5.82 Å². The minimum atomic E-state index is -3.71. The number of sulfonamides is 1. The molecule has 28 heavy (non-hydrogen) atoms. The highest BCUT2D eigenvalue weighted by Crippen LogP contribution is 2.24. The van der Waals surface area contributed by atoms with Gasteiger partial charge >= 0.3 is 0 Å². The van der Waals surface area contributed by atoms with E-state index >= 15 is 0 Å². The number of benzene rings is 1. The Morgan fingerprint density at radius 2 is 1.82 bits per heavy atom. The summed E-state index contributed by atoms with van der Waals surface area (Å²) < 4.78 is 40.6. The summed E-state index contributed by atoms with van der Waals surface area (Å²) in [7, 11) is -3.71. The summed E-state index contributed by atoms with van der Waals surface area (Å²) >= 11 is 0. The van der Waals surface area contributed by atoms with Gasteiger partial charge in [0.1, 0.15) is 5.82 Å². The molecule has 2 heterocycles. The first-order valence-electron chi connectivity index (χ1n) is 9.57. The van der Waals surface area contributed by atoms with Crippen LogP contribution >= 0.6 is 0 Å². The number of carbonyl (C=O) groups excluding carboxylic acids is 1. The summed E-state index contributed by atoms with van der Waals surface area (Å²) in [6.07, 6.45) is 5.05. The van der Waals surface area contributed by atoms with Gasteiger partial charge in [0.2, 0.25) is 10.0 Å². The summed E-state index contributed by atoms with van der Waals surface area (Å²) in [5.41, 5.74) is 2.62. The Kier molecular flexibility index (Phi) is 5.20. The van der Waals surface area contributed by atoms with E-state index in [0.717, 1.165) is 49.1 Å². The van der Waals surface area contributed by atoms with E-state index in [2.05, 4.69) is 14.9 Å². The van der Waals surface area contributed by atoms with Crippen LogP contribution in [-0.2, 0) is 22.9 Å². The first-order valence-corrected chi connectivity index (χ1v) is 11.1. The van der Waals surface area contributed by atoms with Crippen LogP contribution in [0.4, 0.5) is 4.39 Å². The van der Waals surface area contributed by atoms with Crippen molar-refractivity contribution in [1.82, 2.24) is 19.8 Å². The quantitative estimate of drug-likeness (QED) is 0.812. The SMILES string of the molecule is O=C(c1n[nH]c2c1CCCC2)N1CCC(NS(=O)(=O)c2ccc(F)cc2)CC1. The van der Waals surface area contributed by atoms with Crippen molar-refractivity contribution < 1.29 is 17.6 Å². The zero-order valence-corrected chi connectivity index (χ0v) is 16.3. The predicted octanol–water partition coefficient (Wildman–Crippen LogP) is 2.01. The largest absolute Gasteiger partial charge is 0.337 e. The van der Waals surface area contributed by atoms with E-state index in [1.165, 1.54) is 12.1 Å². The summed E-state index contributed by atoms with van der Waals surface area (Å²) in [4.78, 5) is 14.6. The molecule has 0 atom stereocenters. The number of likely N-dealkylation sites (tertiary alicyclic amines) is 1. The number of halogens is 1. The number of nitrogens with zero attached hydrogens (tertiary/aromatic N) is 2. The average molecular weight is 406 g/mol. The maximum atomic E-state index is 13.0. The standard InChI is InChI=1S/C19H23FN4O3S/c20-13-5-7-15(8-6-13)28(26,27)23-14-9-11-24(12-10-14)19(25)18-16-3-1-2-4-17(16)21-22-18/h5-8,14,23H,1-4,9-12H2,(H,21,22). The van der Waals surface area contributed by atoms with Crippen LogP contribution in [0.2, 0.25) is 0 Å². The zero-order chi connectivity index (χ0) is 19.7. The predicted molar refractivity (Wildman–Crippen MR) is 101 cm³/mol. The minimum Gasteiger partial charge on any atom is -0.337 e. The van der Waals surface area contributed by atoms with Gasteiger partial charge in [-0.15, -0.1) is 0 Å². The number of hydrogen-bond acceptors (Lipinski definition) is 4. The summed E-state index contributed by atoms with van der Waals surface area (Å²) in [6.45, 7) is 0.939. The molecule has 0 saturated carbocycles. The van der Waals surface area contributed by atoms with Gasteiger partial charge in [0.05, 0.1) is 4.90 Å². The number of H-pyrrole nitrogens is 1. The van der Waals surface area contributed by atoms with Gasteiger partial charge in [-0.3, -0.25) is 9.89 Å². The Morgan fingerprint density at radius 3 is 2.54 bits per heavy atom.